The van der Waals surface area contributed by atoms with E-state index in [1.165, 1.54) is 0 Å². The number of fused-ring (bicyclic) bond motifs is 1. The molecule has 2 aromatic heterocycles. The minimum Gasteiger partial charge on any atom is -0.370 e. The van der Waals surface area contributed by atoms with Crippen LogP contribution in [0, 0.1) is 5.82 Å². The quantitative estimate of drug-likeness (QED) is 0.650. The zero-order valence-electron chi connectivity index (χ0n) is 16.3. The van der Waals surface area contributed by atoms with E-state index in [-0.39, 0.29) is 29.9 Å². The summed E-state index contributed by atoms with van der Waals surface area (Å²) in [5, 5.41) is 13.1. The van der Waals surface area contributed by atoms with Crippen LogP contribution in [0.4, 0.5) is 21.7 Å². The van der Waals surface area contributed by atoms with Crippen LogP contribution in [0.1, 0.15) is 28.8 Å². The summed E-state index contributed by atoms with van der Waals surface area (Å²) in [4.78, 5) is 18.8. The summed E-state index contributed by atoms with van der Waals surface area (Å²) in [6, 6.07) is 0.0109. The zero-order chi connectivity index (χ0) is 20.5. The average molecular weight is 397 g/mol. The Morgan fingerprint density at radius 3 is 3.00 bits per heavy atom. The van der Waals surface area contributed by atoms with Gasteiger partial charge >= 0.3 is 0 Å². The predicted octanol–water partition coefficient (Wildman–Crippen LogP) is 2.52. The Labute approximate surface area is 168 Å². The Morgan fingerprint density at radius 1 is 1.45 bits per heavy atom. The van der Waals surface area contributed by atoms with E-state index < -0.39 is 5.82 Å². The molecular weight excluding hydrogens is 373 g/mol. The number of aromatic nitrogens is 3. The highest BCUT2D eigenvalue weighted by Crippen LogP contribution is 2.32. The van der Waals surface area contributed by atoms with Crippen molar-refractivity contribution in [3.63, 3.8) is 0 Å². The summed E-state index contributed by atoms with van der Waals surface area (Å²) in [5.41, 5.74) is 2.09. The molecule has 4 rings (SSSR count). The van der Waals surface area contributed by atoms with Crippen LogP contribution in [-0.4, -0.2) is 44.7 Å². The van der Waals surface area contributed by atoms with Crippen LogP contribution in [0.15, 0.2) is 37.3 Å². The summed E-state index contributed by atoms with van der Waals surface area (Å²) >= 11 is 0. The lowest BCUT2D eigenvalue weighted by atomic mass is 10.0. The van der Waals surface area contributed by atoms with Gasteiger partial charge in [-0.25, -0.2) is 9.37 Å². The van der Waals surface area contributed by atoms with Crippen molar-refractivity contribution >= 4 is 23.2 Å². The molecule has 1 amide bonds. The third kappa shape index (κ3) is 3.67. The maximum atomic E-state index is 15.1. The molecule has 3 N–H and O–H groups in total. The fraction of sp³-hybridized carbons (Fsp3) is 0.350. The lowest BCUT2D eigenvalue weighted by Crippen LogP contribution is -2.41. The molecule has 1 saturated heterocycles. The Morgan fingerprint density at radius 2 is 2.28 bits per heavy atom. The van der Waals surface area contributed by atoms with Crippen LogP contribution in [0.5, 0.6) is 0 Å². The van der Waals surface area contributed by atoms with Crippen LogP contribution in [0.25, 0.3) is 0 Å². The smallest absolute Gasteiger partial charge is 0.255 e. The molecule has 2 aliphatic rings. The Balaban J connectivity index is 1.63. The average Bonchev–Trinajstić information content (AvgIpc) is 3.30. The van der Waals surface area contributed by atoms with Gasteiger partial charge in [0.25, 0.3) is 5.91 Å². The third-order valence-electron chi connectivity index (χ3n) is 5.26. The molecule has 1 atom stereocenters. The van der Waals surface area contributed by atoms with Crippen molar-refractivity contribution in [1.29, 1.82) is 0 Å². The largest absolute Gasteiger partial charge is 0.370 e. The second-order valence-corrected chi connectivity index (χ2v) is 7.31. The highest BCUT2D eigenvalue weighted by Gasteiger charge is 2.31. The van der Waals surface area contributed by atoms with Gasteiger partial charge in [-0.3, -0.25) is 9.48 Å². The molecule has 2 aliphatic heterocycles. The van der Waals surface area contributed by atoms with E-state index in [4.69, 9.17) is 0 Å². The Kier molecular flexibility index (Phi) is 4.96. The van der Waals surface area contributed by atoms with Crippen molar-refractivity contribution < 1.29 is 9.18 Å². The van der Waals surface area contributed by atoms with Gasteiger partial charge in [-0.15, -0.1) is 0 Å². The topological polar surface area (TPSA) is 87.1 Å². The number of piperidine rings is 1. The number of amides is 1. The van der Waals surface area contributed by atoms with E-state index in [2.05, 4.69) is 44.1 Å². The standard InChI is InChI=1S/C20H24FN7O/c1-4-12(2)28-7-5-6-13(11-28)24-19-17(21)15-9-22-20(29)16(15)18(26-19)25-14-8-23-27(3)10-14/h4,8,10,13H,1-2,5-7,9,11H2,3H3,(H,22,29)(H2,24,25,26)/t13-/m1/s1. The highest BCUT2D eigenvalue weighted by molar-refractivity contribution is 6.03. The van der Waals surface area contributed by atoms with Gasteiger partial charge in [0.1, 0.15) is 5.82 Å². The molecule has 29 heavy (non-hydrogen) atoms. The molecule has 9 heteroatoms. The molecule has 8 nitrogen and oxygen atoms in total. The molecular formula is C20H24FN7O. The van der Waals surface area contributed by atoms with Gasteiger partial charge in [-0.05, 0) is 18.9 Å². The maximum absolute atomic E-state index is 15.1. The van der Waals surface area contributed by atoms with E-state index in [1.807, 2.05) is 0 Å². The second kappa shape index (κ2) is 7.57. The number of anilines is 3. The molecule has 4 heterocycles. The molecule has 0 unspecified atom stereocenters. The van der Waals surface area contributed by atoms with Crippen molar-refractivity contribution in [2.45, 2.75) is 25.4 Å². The number of nitrogens with zero attached hydrogens (tertiary/aromatic N) is 4. The molecule has 2 aromatic rings. The summed E-state index contributed by atoms with van der Waals surface area (Å²) in [7, 11) is 1.79. The van der Waals surface area contributed by atoms with Crippen LogP contribution < -0.4 is 16.0 Å². The SMILES string of the molecule is C=CC(=C)N1CCC[C@@H](Nc2nc(Nc3cnn(C)c3)c3c(c2F)CNC3=O)C1. The zero-order valence-corrected chi connectivity index (χ0v) is 16.3. The Hall–Kier alpha value is -3.36. The third-order valence-corrected chi connectivity index (χ3v) is 5.26. The van der Waals surface area contributed by atoms with Gasteiger partial charge in [-0.2, -0.15) is 5.10 Å². The molecule has 0 aromatic carbocycles. The number of hydrogen-bond donors (Lipinski definition) is 3. The Bertz CT molecular complexity index is 983. The lowest BCUT2D eigenvalue weighted by Gasteiger charge is -2.35. The molecule has 1 fully saturated rings. The van der Waals surface area contributed by atoms with Crippen molar-refractivity contribution in [3.05, 3.63) is 54.3 Å². The van der Waals surface area contributed by atoms with Crippen LogP contribution >= 0.6 is 0 Å². The van der Waals surface area contributed by atoms with Gasteiger partial charge in [0.05, 0.1) is 17.4 Å². The summed E-state index contributed by atoms with van der Waals surface area (Å²) in [5.74, 6) is -0.372. The molecule has 0 bridgehead atoms. The van der Waals surface area contributed by atoms with E-state index in [9.17, 15) is 4.79 Å². The second-order valence-electron chi connectivity index (χ2n) is 7.31. The van der Waals surface area contributed by atoms with Crippen LogP contribution in [0.2, 0.25) is 0 Å². The first-order valence-electron chi connectivity index (χ1n) is 9.55. The van der Waals surface area contributed by atoms with Crippen molar-refractivity contribution in [1.82, 2.24) is 25.0 Å². The first-order valence-corrected chi connectivity index (χ1v) is 9.55. The van der Waals surface area contributed by atoms with Gasteiger partial charge in [0.2, 0.25) is 0 Å². The number of halogens is 1. The molecule has 152 valence electrons. The van der Waals surface area contributed by atoms with Gasteiger partial charge in [0, 0.05) is 50.2 Å². The maximum Gasteiger partial charge on any atom is 0.255 e. The first-order chi connectivity index (χ1) is 14.0. The number of carbonyl (C=O) groups is 1. The first kappa shape index (κ1) is 19.0. The number of rotatable bonds is 6. The van der Waals surface area contributed by atoms with Gasteiger partial charge in [0.15, 0.2) is 11.6 Å². The summed E-state index contributed by atoms with van der Waals surface area (Å²) in [6.45, 7) is 9.50. The number of allylic oxidation sites excluding steroid dienone is 1. The minimum atomic E-state index is -0.491. The lowest BCUT2D eigenvalue weighted by molar-refractivity contribution is 0.0966. The fourth-order valence-corrected chi connectivity index (χ4v) is 3.77. The van der Waals surface area contributed by atoms with Crippen molar-refractivity contribution in [3.8, 4) is 0 Å². The molecule has 0 radical (unpaired) electrons. The number of aryl methyl sites for hydroxylation is 1. The molecule has 0 spiro atoms. The van der Waals surface area contributed by atoms with Gasteiger partial charge < -0.3 is 20.9 Å². The molecule has 0 aliphatic carbocycles. The van der Waals surface area contributed by atoms with E-state index in [1.54, 1.807) is 30.2 Å². The summed E-state index contributed by atoms with van der Waals surface area (Å²) < 4.78 is 16.8. The highest BCUT2D eigenvalue weighted by atomic mass is 19.1. The number of likely N-dealkylation sites (tertiary alicyclic amines) is 1. The van der Waals surface area contributed by atoms with Crippen molar-refractivity contribution in [2.24, 2.45) is 7.05 Å². The normalized spacial score (nSPS) is 18.2. The van der Waals surface area contributed by atoms with Gasteiger partial charge in [-0.1, -0.05) is 13.2 Å². The number of pyridine rings is 1. The number of hydrogen-bond acceptors (Lipinski definition) is 6. The van der Waals surface area contributed by atoms with E-state index >= 15 is 4.39 Å². The number of nitrogens with one attached hydrogen (secondary N) is 3. The minimum absolute atomic E-state index is 0.0109. The summed E-state index contributed by atoms with van der Waals surface area (Å²) in [6.07, 6.45) is 6.96. The monoisotopic (exact) mass is 397 g/mol. The fourth-order valence-electron chi connectivity index (χ4n) is 3.77. The van der Waals surface area contributed by atoms with Crippen LogP contribution in [-0.2, 0) is 13.6 Å². The predicted molar refractivity (Wildman–Crippen MR) is 109 cm³/mol. The van der Waals surface area contributed by atoms with Crippen LogP contribution in [0.3, 0.4) is 0 Å². The van der Waals surface area contributed by atoms with E-state index in [0.717, 1.165) is 25.1 Å². The van der Waals surface area contributed by atoms with Crippen molar-refractivity contribution in [2.75, 3.05) is 23.7 Å². The molecule has 0 saturated carbocycles. The van der Waals surface area contributed by atoms with E-state index in [0.29, 0.717) is 23.6 Å². The number of carbonyl (C=O) groups excluding carboxylic acids is 1.